The lowest BCUT2D eigenvalue weighted by Gasteiger charge is -2.19. The Labute approximate surface area is 133 Å². The molecule has 120 valence electrons. The normalized spacial score (nSPS) is 11.7. The molecule has 0 atom stereocenters. The zero-order valence-electron chi connectivity index (χ0n) is 14.3. The average Bonchev–Trinajstić information content (AvgIpc) is 2.83. The summed E-state index contributed by atoms with van der Waals surface area (Å²) in [5, 5.41) is 10.7. The number of aromatic amines is 1. The molecule has 4 heteroatoms. The Kier molecular flexibility index (Phi) is 5.24. The van der Waals surface area contributed by atoms with Crippen LogP contribution in [-0.4, -0.2) is 16.7 Å². The van der Waals surface area contributed by atoms with Gasteiger partial charge in [-0.25, -0.2) is 0 Å². The molecule has 0 radical (unpaired) electrons. The number of hydrogen-bond acceptors (Lipinski definition) is 3. The minimum absolute atomic E-state index is 0.164. The van der Waals surface area contributed by atoms with Crippen molar-refractivity contribution in [3.05, 3.63) is 46.8 Å². The molecule has 0 bridgehead atoms. The molecule has 1 aromatic heterocycles. The molecule has 0 unspecified atom stereocenters. The molecule has 1 heterocycles. The van der Waals surface area contributed by atoms with Crippen LogP contribution in [-0.2, 0) is 18.6 Å². The Morgan fingerprint density at radius 1 is 1.18 bits per heavy atom. The number of benzene rings is 1. The van der Waals surface area contributed by atoms with E-state index < -0.39 is 0 Å². The first-order valence-corrected chi connectivity index (χ1v) is 7.88. The van der Waals surface area contributed by atoms with Crippen molar-refractivity contribution in [1.82, 2.24) is 15.5 Å². The molecule has 0 fully saturated rings. The van der Waals surface area contributed by atoms with Crippen molar-refractivity contribution >= 4 is 0 Å². The largest absolute Gasteiger partial charge is 0.487 e. The standard InChI is InChI=1S/C18H27N3O/c1-6-19-11-16-13(2)20-21-17(16)12-22-15-9-7-14(8-10-15)18(3,4)5/h7-10,19H,6,11-12H2,1-5H3,(H,20,21). The van der Waals surface area contributed by atoms with E-state index in [0.717, 1.165) is 30.2 Å². The molecule has 0 aliphatic heterocycles. The fourth-order valence-electron chi connectivity index (χ4n) is 2.31. The van der Waals surface area contributed by atoms with Gasteiger partial charge in [-0.15, -0.1) is 0 Å². The fraction of sp³-hybridized carbons (Fsp3) is 0.500. The van der Waals surface area contributed by atoms with Gasteiger partial charge in [-0.05, 0) is 36.6 Å². The number of nitrogens with one attached hydrogen (secondary N) is 2. The quantitative estimate of drug-likeness (QED) is 0.855. The Hall–Kier alpha value is -1.81. The zero-order valence-corrected chi connectivity index (χ0v) is 14.3. The summed E-state index contributed by atoms with van der Waals surface area (Å²) in [6, 6.07) is 8.32. The Morgan fingerprint density at radius 2 is 1.86 bits per heavy atom. The summed E-state index contributed by atoms with van der Waals surface area (Å²) in [4.78, 5) is 0. The SMILES string of the molecule is CCNCc1c(COc2ccc(C(C)(C)C)cc2)n[nH]c1C. The number of nitrogens with zero attached hydrogens (tertiary/aromatic N) is 1. The van der Waals surface area contributed by atoms with Gasteiger partial charge < -0.3 is 10.1 Å². The van der Waals surface area contributed by atoms with Crippen LogP contribution in [0, 0.1) is 6.92 Å². The maximum atomic E-state index is 5.88. The number of H-pyrrole nitrogens is 1. The van der Waals surface area contributed by atoms with E-state index in [9.17, 15) is 0 Å². The van der Waals surface area contributed by atoms with Gasteiger partial charge in [0, 0.05) is 17.8 Å². The fourth-order valence-corrected chi connectivity index (χ4v) is 2.31. The predicted octanol–water partition coefficient (Wildman–Crippen LogP) is 3.70. The lowest BCUT2D eigenvalue weighted by molar-refractivity contribution is 0.299. The van der Waals surface area contributed by atoms with Gasteiger partial charge in [0.25, 0.3) is 0 Å². The molecule has 0 saturated heterocycles. The first kappa shape index (κ1) is 16.6. The molecular weight excluding hydrogens is 274 g/mol. The monoisotopic (exact) mass is 301 g/mol. The minimum atomic E-state index is 0.164. The molecule has 0 aliphatic carbocycles. The maximum Gasteiger partial charge on any atom is 0.132 e. The van der Waals surface area contributed by atoms with Crippen LogP contribution < -0.4 is 10.1 Å². The van der Waals surface area contributed by atoms with Crippen LogP contribution in [0.2, 0.25) is 0 Å². The van der Waals surface area contributed by atoms with Gasteiger partial charge in [-0.1, -0.05) is 39.8 Å². The molecular formula is C18H27N3O. The first-order valence-electron chi connectivity index (χ1n) is 7.88. The van der Waals surface area contributed by atoms with Gasteiger partial charge in [0.1, 0.15) is 18.1 Å². The van der Waals surface area contributed by atoms with Crippen LogP contribution in [0.25, 0.3) is 0 Å². The molecule has 2 N–H and O–H groups in total. The molecule has 0 aliphatic rings. The Morgan fingerprint density at radius 3 is 2.45 bits per heavy atom. The average molecular weight is 301 g/mol. The van der Waals surface area contributed by atoms with Gasteiger partial charge in [0.15, 0.2) is 0 Å². The lowest BCUT2D eigenvalue weighted by atomic mass is 9.87. The number of ether oxygens (including phenoxy) is 1. The second-order valence-electron chi connectivity index (χ2n) is 6.62. The van der Waals surface area contributed by atoms with E-state index in [-0.39, 0.29) is 5.41 Å². The molecule has 0 saturated carbocycles. The lowest BCUT2D eigenvalue weighted by Crippen LogP contribution is -2.14. The molecule has 2 aromatic rings. The van der Waals surface area contributed by atoms with E-state index in [4.69, 9.17) is 4.74 Å². The minimum Gasteiger partial charge on any atom is -0.487 e. The van der Waals surface area contributed by atoms with Crippen molar-refractivity contribution in [3.63, 3.8) is 0 Å². The van der Waals surface area contributed by atoms with Crippen LogP contribution >= 0.6 is 0 Å². The molecule has 0 spiro atoms. The molecule has 22 heavy (non-hydrogen) atoms. The van der Waals surface area contributed by atoms with E-state index in [1.54, 1.807) is 0 Å². The Bertz CT molecular complexity index is 594. The highest BCUT2D eigenvalue weighted by Gasteiger charge is 2.14. The third-order valence-corrected chi connectivity index (χ3v) is 3.81. The summed E-state index contributed by atoms with van der Waals surface area (Å²) >= 11 is 0. The van der Waals surface area contributed by atoms with Crippen molar-refractivity contribution < 1.29 is 4.74 Å². The number of rotatable bonds is 6. The van der Waals surface area contributed by atoms with Gasteiger partial charge in [-0.3, -0.25) is 5.10 Å². The number of aromatic nitrogens is 2. The van der Waals surface area contributed by atoms with Gasteiger partial charge in [-0.2, -0.15) is 5.10 Å². The van der Waals surface area contributed by atoms with Crippen molar-refractivity contribution in [3.8, 4) is 5.75 Å². The molecule has 0 amide bonds. The van der Waals surface area contributed by atoms with Gasteiger partial charge in [0.05, 0.1) is 0 Å². The second kappa shape index (κ2) is 6.97. The summed E-state index contributed by atoms with van der Waals surface area (Å²) in [5.74, 6) is 0.878. The van der Waals surface area contributed by atoms with Gasteiger partial charge in [0.2, 0.25) is 0 Å². The van der Waals surface area contributed by atoms with Crippen molar-refractivity contribution in [2.75, 3.05) is 6.54 Å². The first-order chi connectivity index (χ1) is 10.4. The highest BCUT2D eigenvalue weighted by atomic mass is 16.5. The van der Waals surface area contributed by atoms with Crippen LogP contribution in [0.15, 0.2) is 24.3 Å². The third kappa shape index (κ3) is 4.10. The number of aryl methyl sites for hydroxylation is 1. The number of hydrogen-bond donors (Lipinski definition) is 2. The van der Waals surface area contributed by atoms with E-state index in [2.05, 4.69) is 55.3 Å². The van der Waals surface area contributed by atoms with E-state index >= 15 is 0 Å². The van der Waals surface area contributed by atoms with Crippen molar-refractivity contribution in [1.29, 1.82) is 0 Å². The summed E-state index contributed by atoms with van der Waals surface area (Å²) in [6.07, 6.45) is 0. The van der Waals surface area contributed by atoms with Crippen molar-refractivity contribution in [2.24, 2.45) is 0 Å². The van der Waals surface area contributed by atoms with Crippen molar-refractivity contribution in [2.45, 2.75) is 53.2 Å². The van der Waals surface area contributed by atoms with Crippen LogP contribution in [0.5, 0.6) is 5.75 Å². The Balaban J connectivity index is 2.01. The topological polar surface area (TPSA) is 49.9 Å². The summed E-state index contributed by atoms with van der Waals surface area (Å²) in [7, 11) is 0. The van der Waals surface area contributed by atoms with E-state index in [1.807, 2.05) is 19.1 Å². The van der Waals surface area contributed by atoms with Crippen LogP contribution in [0.1, 0.15) is 50.2 Å². The van der Waals surface area contributed by atoms with Crippen LogP contribution in [0.3, 0.4) is 0 Å². The summed E-state index contributed by atoms with van der Waals surface area (Å²) < 4.78 is 5.88. The highest BCUT2D eigenvalue weighted by Crippen LogP contribution is 2.24. The molecule has 4 nitrogen and oxygen atoms in total. The van der Waals surface area contributed by atoms with E-state index in [0.29, 0.717) is 6.61 Å². The molecule has 1 aromatic carbocycles. The molecule has 2 rings (SSSR count). The third-order valence-electron chi connectivity index (χ3n) is 3.81. The van der Waals surface area contributed by atoms with E-state index in [1.165, 1.54) is 11.1 Å². The second-order valence-corrected chi connectivity index (χ2v) is 6.62. The summed E-state index contributed by atoms with van der Waals surface area (Å²) in [6.45, 7) is 13.0. The zero-order chi connectivity index (χ0) is 16.2. The highest BCUT2D eigenvalue weighted by molar-refractivity contribution is 5.31. The maximum absolute atomic E-state index is 5.88. The smallest absolute Gasteiger partial charge is 0.132 e. The summed E-state index contributed by atoms with van der Waals surface area (Å²) in [5.41, 5.74) is 4.74. The van der Waals surface area contributed by atoms with Gasteiger partial charge >= 0.3 is 0 Å². The predicted molar refractivity (Wildman–Crippen MR) is 90.2 cm³/mol. The van der Waals surface area contributed by atoms with Crippen LogP contribution in [0.4, 0.5) is 0 Å².